The highest BCUT2D eigenvalue weighted by atomic mass is 19.4. The maximum Gasteiger partial charge on any atom is 0.416 e. The van der Waals surface area contributed by atoms with E-state index in [1.54, 1.807) is 24.4 Å². The van der Waals surface area contributed by atoms with Crippen LogP contribution in [-0.2, 0) is 18.0 Å². The topological polar surface area (TPSA) is 80.2 Å². The van der Waals surface area contributed by atoms with E-state index in [9.17, 15) is 22.4 Å². The second-order valence-electron chi connectivity index (χ2n) is 10.6. The number of pyridine rings is 1. The van der Waals surface area contributed by atoms with E-state index in [1.165, 1.54) is 24.4 Å². The van der Waals surface area contributed by atoms with E-state index in [0.717, 1.165) is 18.2 Å². The van der Waals surface area contributed by atoms with Gasteiger partial charge in [0.1, 0.15) is 17.4 Å². The molecular formula is C31H31F4N5O2. The third kappa shape index (κ3) is 7.09. The molecule has 0 aliphatic heterocycles. The molecule has 0 spiro atoms. The third-order valence-electron chi connectivity index (χ3n) is 6.50. The van der Waals surface area contributed by atoms with Crippen LogP contribution in [-0.4, -0.2) is 46.4 Å². The Bertz CT molecular complexity index is 1590. The Morgan fingerprint density at radius 1 is 1.00 bits per heavy atom. The number of alkyl halides is 3. The summed E-state index contributed by atoms with van der Waals surface area (Å²) in [6.45, 7) is 6.12. The van der Waals surface area contributed by atoms with Gasteiger partial charge in [-0.05, 0) is 68.2 Å². The van der Waals surface area contributed by atoms with Gasteiger partial charge < -0.3 is 15.0 Å². The Balaban J connectivity index is 1.68. The number of ether oxygens (including phenoxy) is 1. The lowest BCUT2D eigenvalue weighted by atomic mass is 9.82. The predicted molar refractivity (Wildman–Crippen MR) is 152 cm³/mol. The zero-order chi connectivity index (χ0) is 30.7. The van der Waals surface area contributed by atoms with Gasteiger partial charge in [-0.1, -0.05) is 26.8 Å². The highest BCUT2D eigenvalue weighted by Gasteiger charge is 2.33. The Kier molecular flexibility index (Phi) is 8.91. The fraction of sp³-hybridized carbons (Fsp3) is 0.290. The first-order valence-corrected chi connectivity index (χ1v) is 13.2. The minimum absolute atomic E-state index is 0.0603. The summed E-state index contributed by atoms with van der Waals surface area (Å²) in [4.78, 5) is 28.2. The zero-order valence-corrected chi connectivity index (χ0v) is 23.9. The third-order valence-corrected chi connectivity index (χ3v) is 6.50. The number of hydrogen-bond acceptors (Lipinski definition) is 6. The molecule has 0 aliphatic rings. The molecule has 1 amide bonds. The molecule has 0 atom stereocenters. The van der Waals surface area contributed by atoms with E-state index in [2.05, 4.69) is 20.3 Å². The standard InChI is InChI=1S/C31H31F4N5O2/c1-6-27-36-15-13-25(38-27)21-8-7-14-37-29(21)42-20-10-12-24(32)22(17-20)28(41)39-26-16-19(31(33,34)35)9-11-23(26)30(2,3)18-40(4)5/h7-17H,6,18H2,1-5H3,(H,39,41). The van der Waals surface area contributed by atoms with Crippen LogP contribution < -0.4 is 10.1 Å². The summed E-state index contributed by atoms with van der Waals surface area (Å²) in [6.07, 6.45) is -0.867. The number of benzene rings is 2. The van der Waals surface area contributed by atoms with Gasteiger partial charge in [0.05, 0.1) is 22.4 Å². The summed E-state index contributed by atoms with van der Waals surface area (Å²) >= 11 is 0. The number of amides is 1. The molecule has 4 rings (SSSR count). The van der Waals surface area contributed by atoms with Crippen molar-refractivity contribution in [3.8, 4) is 22.9 Å². The van der Waals surface area contributed by atoms with Gasteiger partial charge in [0.25, 0.3) is 5.91 Å². The van der Waals surface area contributed by atoms with Crippen LogP contribution in [0, 0.1) is 5.82 Å². The van der Waals surface area contributed by atoms with Crippen LogP contribution in [0.3, 0.4) is 0 Å². The summed E-state index contributed by atoms with van der Waals surface area (Å²) in [5, 5.41) is 2.51. The second-order valence-corrected chi connectivity index (χ2v) is 10.6. The van der Waals surface area contributed by atoms with Crippen molar-refractivity contribution in [2.24, 2.45) is 0 Å². The number of carbonyl (C=O) groups is 1. The quantitative estimate of drug-likeness (QED) is 0.212. The number of carbonyl (C=O) groups excluding carboxylic acids is 1. The van der Waals surface area contributed by atoms with E-state index < -0.39 is 34.4 Å². The molecule has 2 aromatic heterocycles. The van der Waals surface area contributed by atoms with Crippen LogP contribution in [0.2, 0.25) is 0 Å². The number of anilines is 1. The highest BCUT2D eigenvalue weighted by molar-refractivity contribution is 6.05. The normalized spacial score (nSPS) is 12.0. The van der Waals surface area contributed by atoms with Crippen molar-refractivity contribution in [1.82, 2.24) is 19.9 Å². The first kappa shape index (κ1) is 30.6. The van der Waals surface area contributed by atoms with E-state index in [4.69, 9.17) is 4.74 Å². The van der Waals surface area contributed by atoms with Crippen LogP contribution in [0.5, 0.6) is 11.6 Å². The maximum atomic E-state index is 14.9. The van der Waals surface area contributed by atoms with Crippen LogP contribution in [0.4, 0.5) is 23.2 Å². The number of halogens is 4. The van der Waals surface area contributed by atoms with E-state index in [0.29, 0.717) is 35.6 Å². The van der Waals surface area contributed by atoms with Crippen molar-refractivity contribution >= 4 is 11.6 Å². The van der Waals surface area contributed by atoms with Gasteiger partial charge >= 0.3 is 6.18 Å². The molecule has 2 heterocycles. The van der Waals surface area contributed by atoms with Crippen molar-refractivity contribution in [3.63, 3.8) is 0 Å². The van der Waals surface area contributed by atoms with Gasteiger partial charge in [-0.15, -0.1) is 0 Å². The van der Waals surface area contributed by atoms with E-state index in [1.807, 2.05) is 39.8 Å². The number of nitrogens with zero attached hydrogens (tertiary/aromatic N) is 4. The Morgan fingerprint density at radius 3 is 2.45 bits per heavy atom. The Morgan fingerprint density at radius 2 is 1.76 bits per heavy atom. The minimum atomic E-state index is -4.63. The molecular weight excluding hydrogens is 550 g/mol. The number of likely N-dealkylation sites (N-methyl/N-ethyl adjacent to an activating group) is 1. The molecule has 0 fully saturated rings. The fourth-order valence-electron chi connectivity index (χ4n) is 4.72. The molecule has 2 aromatic carbocycles. The summed E-state index contributed by atoms with van der Waals surface area (Å²) in [6, 6.07) is 11.9. The van der Waals surface area contributed by atoms with E-state index >= 15 is 0 Å². The largest absolute Gasteiger partial charge is 0.438 e. The Labute approximate surface area is 241 Å². The van der Waals surface area contributed by atoms with Gasteiger partial charge in [-0.25, -0.2) is 19.3 Å². The fourth-order valence-corrected chi connectivity index (χ4v) is 4.72. The molecule has 0 radical (unpaired) electrons. The number of rotatable bonds is 9. The summed E-state index contributed by atoms with van der Waals surface area (Å²) < 4.78 is 61.6. The van der Waals surface area contributed by atoms with Crippen LogP contribution in [0.25, 0.3) is 11.3 Å². The van der Waals surface area contributed by atoms with Crippen LogP contribution >= 0.6 is 0 Å². The Hall–Kier alpha value is -4.38. The molecule has 0 bridgehead atoms. The highest BCUT2D eigenvalue weighted by Crippen LogP contribution is 2.37. The molecule has 7 nitrogen and oxygen atoms in total. The number of aromatic nitrogens is 3. The van der Waals surface area contributed by atoms with Crippen molar-refractivity contribution in [1.29, 1.82) is 0 Å². The number of hydrogen-bond donors (Lipinski definition) is 1. The lowest BCUT2D eigenvalue weighted by molar-refractivity contribution is -0.137. The van der Waals surface area contributed by atoms with Gasteiger partial charge in [-0.2, -0.15) is 13.2 Å². The van der Waals surface area contributed by atoms with Gasteiger partial charge in [0, 0.05) is 36.5 Å². The summed E-state index contributed by atoms with van der Waals surface area (Å²) in [5.74, 6) is -0.898. The van der Waals surface area contributed by atoms with Crippen molar-refractivity contribution < 1.29 is 27.1 Å². The molecule has 0 saturated carbocycles. The first-order chi connectivity index (χ1) is 19.8. The predicted octanol–water partition coefficient (Wildman–Crippen LogP) is 7.14. The lowest BCUT2D eigenvalue weighted by Crippen LogP contribution is -2.33. The molecule has 4 aromatic rings. The van der Waals surface area contributed by atoms with Crippen molar-refractivity contribution in [2.75, 3.05) is 26.0 Å². The van der Waals surface area contributed by atoms with Crippen LogP contribution in [0.1, 0.15) is 48.1 Å². The lowest BCUT2D eigenvalue weighted by Gasteiger charge is -2.31. The minimum Gasteiger partial charge on any atom is -0.438 e. The average Bonchev–Trinajstić information content (AvgIpc) is 2.93. The van der Waals surface area contributed by atoms with Gasteiger partial charge in [0.15, 0.2) is 0 Å². The molecule has 0 unspecified atom stereocenters. The van der Waals surface area contributed by atoms with Crippen molar-refractivity contribution in [3.05, 3.63) is 95.3 Å². The van der Waals surface area contributed by atoms with E-state index in [-0.39, 0.29) is 17.3 Å². The maximum absolute atomic E-state index is 14.9. The second kappa shape index (κ2) is 12.2. The summed E-state index contributed by atoms with van der Waals surface area (Å²) in [7, 11) is 3.68. The first-order valence-electron chi connectivity index (χ1n) is 13.2. The summed E-state index contributed by atoms with van der Waals surface area (Å²) in [5.41, 5.74) is -0.445. The number of nitrogens with one attached hydrogen (secondary N) is 1. The van der Waals surface area contributed by atoms with Crippen LogP contribution in [0.15, 0.2) is 67.0 Å². The average molecular weight is 582 g/mol. The smallest absolute Gasteiger partial charge is 0.416 e. The molecule has 220 valence electrons. The van der Waals surface area contributed by atoms with Crippen molar-refractivity contribution in [2.45, 2.75) is 38.8 Å². The molecule has 1 N–H and O–H groups in total. The molecule has 0 saturated heterocycles. The molecule has 42 heavy (non-hydrogen) atoms. The zero-order valence-electron chi connectivity index (χ0n) is 23.9. The SMILES string of the molecule is CCc1nccc(-c2cccnc2Oc2ccc(F)c(C(=O)Nc3cc(C(F)(F)F)ccc3C(C)(C)CN(C)C)c2)n1. The molecule has 11 heteroatoms. The van der Waals surface area contributed by atoms with Gasteiger partial charge in [-0.3, -0.25) is 4.79 Å². The van der Waals surface area contributed by atoms with Gasteiger partial charge in [0.2, 0.25) is 5.88 Å². The number of aryl methyl sites for hydroxylation is 1. The monoisotopic (exact) mass is 581 g/mol. The molecule has 0 aliphatic carbocycles.